The first kappa shape index (κ1) is 17.1. The predicted octanol–water partition coefficient (Wildman–Crippen LogP) is 1.69. The number of fused-ring (bicyclic) bond motifs is 1. The number of rotatable bonds is 5. The third-order valence-corrected chi connectivity index (χ3v) is 5.40. The summed E-state index contributed by atoms with van der Waals surface area (Å²) in [6.45, 7) is 1.51. The number of amides is 1. The lowest BCUT2D eigenvalue weighted by Crippen LogP contribution is -2.50. The molecule has 1 aromatic carbocycles. The second-order valence-corrected chi connectivity index (χ2v) is 7.68. The molecule has 138 valence electrons. The number of carbonyl (C=O) groups is 1. The third-order valence-electron chi connectivity index (χ3n) is 5.40. The Balaban J connectivity index is 1.59. The number of aromatic nitrogens is 2. The normalized spacial score (nSPS) is 19.9. The van der Waals surface area contributed by atoms with Crippen LogP contribution in [-0.2, 0) is 31.4 Å². The van der Waals surface area contributed by atoms with Crippen molar-refractivity contribution in [2.75, 3.05) is 19.0 Å². The number of imidazole rings is 1. The number of benzene rings is 1. The zero-order valence-corrected chi connectivity index (χ0v) is 15.8. The summed E-state index contributed by atoms with van der Waals surface area (Å²) in [5.41, 5.74) is 3.73. The third kappa shape index (κ3) is 3.33. The Morgan fingerprint density at radius 2 is 2.00 bits per heavy atom. The molecule has 6 heteroatoms. The van der Waals surface area contributed by atoms with Gasteiger partial charge in [-0.15, -0.1) is 0 Å². The van der Waals surface area contributed by atoms with Crippen molar-refractivity contribution >= 4 is 11.9 Å². The van der Waals surface area contributed by atoms with Crippen LogP contribution in [0.2, 0.25) is 0 Å². The first-order valence-electron chi connectivity index (χ1n) is 9.32. The molecule has 6 nitrogen and oxygen atoms in total. The Labute approximate surface area is 154 Å². The molecule has 1 fully saturated rings. The quantitative estimate of drug-likeness (QED) is 0.889. The highest BCUT2D eigenvalue weighted by Gasteiger charge is 2.34. The van der Waals surface area contributed by atoms with Crippen molar-refractivity contribution < 1.29 is 4.79 Å². The molecule has 0 unspecified atom stereocenters. The standard InChI is InChI=1S/C20H27N5O/c1-23(2)20-21-11-17(24(20)3)13-25-12-15-7-5-4-6-14(15)10-18(25)19(26)22-16-8-9-16/h4-7,11,16,18H,8-10,12-13H2,1-3H3,(H,22,26)/t18-/m0/s1. The van der Waals surface area contributed by atoms with E-state index in [1.54, 1.807) is 0 Å². The zero-order chi connectivity index (χ0) is 18.3. The lowest BCUT2D eigenvalue weighted by Gasteiger charge is -2.36. The Kier molecular flexibility index (Phi) is 4.44. The SMILES string of the molecule is CN(C)c1ncc(CN2Cc3ccccc3C[C@H]2C(=O)NC2CC2)n1C. The molecule has 1 atom stereocenters. The van der Waals surface area contributed by atoms with Crippen LogP contribution in [0, 0.1) is 0 Å². The van der Waals surface area contributed by atoms with Gasteiger partial charge in [-0.05, 0) is 30.4 Å². The molecular weight excluding hydrogens is 326 g/mol. The number of nitrogens with zero attached hydrogens (tertiary/aromatic N) is 4. The molecule has 1 aliphatic heterocycles. The number of carbonyl (C=O) groups excluding carboxylic acids is 1. The molecule has 4 rings (SSSR count). The molecule has 1 saturated carbocycles. The maximum Gasteiger partial charge on any atom is 0.237 e. The summed E-state index contributed by atoms with van der Waals surface area (Å²) >= 11 is 0. The highest BCUT2D eigenvalue weighted by Crippen LogP contribution is 2.27. The van der Waals surface area contributed by atoms with Crippen LogP contribution in [0.3, 0.4) is 0 Å². The van der Waals surface area contributed by atoms with E-state index in [9.17, 15) is 4.79 Å². The summed E-state index contributed by atoms with van der Waals surface area (Å²) in [5, 5.41) is 3.20. The average Bonchev–Trinajstić information content (AvgIpc) is 3.36. The van der Waals surface area contributed by atoms with Gasteiger partial charge in [0.1, 0.15) is 0 Å². The van der Waals surface area contributed by atoms with Gasteiger partial charge in [-0.25, -0.2) is 4.98 Å². The van der Waals surface area contributed by atoms with Gasteiger partial charge in [0, 0.05) is 40.3 Å². The molecule has 1 amide bonds. The maximum atomic E-state index is 12.9. The highest BCUT2D eigenvalue weighted by atomic mass is 16.2. The summed E-state index contributed by atoms with van der Waals surface area (Å²) in [7, 11) is 6.03. The van der Waals surface area contributed by atoms with Crippen LogP contribution in [0.1, 0.15) is 29.7 Å². The van der Waals surface area contributed by atoms with Crippen LogP contribution in [0.15, 0.2) is 30.5 Å². The summed E-state index contributed by atoms with van der Waals surface area (Å²) in [6, 6.07) is 8.73. The van der Waals surface area contributed by atoms with Gasteiger partial charge in [0.25, 0.3) is 0 Å². The summed E-state index contributed by atoms with van der Waals surface area (Å²) in [4.78, 5) is 21.7. The molecule has 0 spiro atoms. The Bertz CT molecular complexity index is 808. The summed E-state index contributed by atoms with van der Waals surface area (Å²) < 4.78 is 2.11. The summed E-state index contributed by atoms with van der Waals surface area (Å²) in [5.74, 6) is 1.09. The molecule has 0 bridgehead atoms. The van der Waals surface area contributed by atoms with Gasteiger partial charge in [-0.2, -0.15) is 0 Å². The largest absolute Gasteiger partial charge is 0.352 e. The lowest BCUT2D eigenvalue weighted by atomic mass is 9.93. The van der Waals surface area contributed by atoms with Crippen molar-refractivity contribution in [3.63, 3.8) is 0 Å². The Morgan fingerprint density at radius 3 is 2.65 bits per heavy atom. The van der Waals surface area contributed by atoms with E-state index in [0.717, 1.165) is 37.4 Å². The van der Waals surface area contributed by atoms with E-state index in [4.69, 9.17) is 0 Å². The first-order chi connectivity index (χ1) is 12.5. The van der Waals surface area contributed by atoms with E-state index in [-0.39, 0.29) is 11.9 Å². The van der Waals surface area contributed by atoms with Gasteiger partial charge in [0.05, 0.1) is 17.9 Å². The smallest absolute Gasteiger partial charge is 0.237 e. The van der Waals surface area contributed by atoms with Crippen molar-refractivity contribution in [2.24, 2.45) is 7.05 Å². The van der Waals surface area contributed by atoms with Crippen LogP contribution in [-0.4, -0.2) is 46.5 Å². The van der Waals surface area contributed by atoms with Crippen LogP contribution in [0.25, 0.3) is 0 Å². The molecule has 2 aliphatic rings. The monoisotopic (exact) mass is 353 g/mol. The van der Waals surface area contributed by atoms with E-state index >= 15 is 0 Å². The van der Waals surface area contributed by atoms with Crippen molar-refractivity contribution in [3.8, 4) is 0 Å². The topological polar surface area (TPSA) is 53.4 Å². The minimum Gasteiger partial charge on any atom is -0.352 e. The molecule has 26 heavy (non-hydrogen) atoms. The lowest BCUT2D eigenvalue weighted by molar-refractivity contribution is -0.127. The van der Waals surface area contributed by atoms with Crippen LogP contribution in [0.5, 0.6) is 0 Å². The van der Waals surface area contributed by atoms with Crippen molar-refractivity contribution in [1.82, 2.24) is 19.8 Å². The van der Waals surface area contributed by atoms with Crippen LogP contribution in [0.4, 0.5) is 5.95 Å². The van der Waals surface area contributed by atoms with Crippen molar-refractivity contribution in [2.45, 2.75) is 44.4 Å². The van der Waals surface area contributed by atoms with Gasteiger partial charge in [-0.3, -0.25) is 9.69 Å². The number of hydrogen-bond donors (Lipinski definition) is 1. The van der Waals surface area contributed by atoms with E-state index in [0.29, 0.717) is 12.6 Å². The van der Waals surface area contributed by atoms with Gasteiger partial charge < -0.3 is 14.8 Å². The van der Waals surface area contributed by atoms with E-state index < -0.39 is 0 Å². The van der Waals surface area contributed by atoms with Crippen molar-refractivity contribution in [3.05, 3.63) is 47.3 Å². The number of nitrogens with one attached hydrogen (secondary N) is 1. The highest BCUT2D eigenvalue weighted by molar-refractivity contribution is 5.83. The minimum absolute atomic E-state index is 0.122. The van der Waals surface area contributed by atoms with Crippen LogP contribution < -0.4 is 10.2 Å². The molecule has 1 aliphatic carbocycles. The first-order valence-corrected chi connectivity index (χ1v) is 9.32. The molecule has 1 N–H and O–H groups in total. The summed E-state index contributed by atoms with van der Waals surface area (Å²) in [6.07, 6.45) is 4.92. The number of hydrogen-bond acceptors (Lipinski definition) is 4. The van der Waals surface area contributed by atoms with E-state index in [1.165, 1.54) is 11.1 Å². The van der Waals surface area contributed by atoms with E-state index in [1.807, 2.05) is 32.2 Å². The van der Waals surface area contributed by atoms with Crippen molar-refractivity contribution in [1.29, 1.82) is 0 Å². The van der Waals surface area contributed by atoms with Crippen LogP contribution >= 0.6 is 0 Å². The maximum absolute atomic E-state index is 12.9. The molecular formula is C20H27N5O. The van der Waals surface area contributed by atoms with Gasteiger partial charge in [0.15, 0.2) is 0 Å². The molecule has 0 saturated heterocycles. The van der Waals surface area contributed by atoms with Gasteiger partial charge >= 0.3 is 0 Å². The zero-order valence-electron chi connectivity index (χ0n) is 15.8. The predicted molar refractivity (Wildman–Crippen MR) is 102 cm³/mol. The van der Waals surface area contributed by atoms with Gasteiger partial charge in [0.2, 0.25) is 11.9 Å². The average molecular weight is 353 g/mol. The minimum atomic E-state index is -0.122. The second kappa shape index (κ2) is 6.76. The Hall–Kier alpha value is -2.34. The second-order valence-electron chi connectivity index (χ2n) is 7.68. The molecule has 1 aromatic heterocycles. The van der Waals surface area contributed by atoms with Gasteiger partial charge in [-0.1, -0.05) is 24.3 Å². The fraction of sp³-hybridized carbons (Fsp3) is 0.500. The van der Waals surface area contributed by atoms with E-state index in [2.05, 4.69) is 44.0 Å². The fourth-order valence-corrected chi connectivity index (χ4v) is 3.73. The molecule has 2 heterocycles. The molecule has 2 aromatic rings. The number of anilines is 1. The fourth-order valence-electron chi connectivity index (χ4n) is 3.73. The Morgan fingerprint density at radius 1 is 1.27 bits per heavy atom. The molecule has 0 radical (unpaired) electrons.